The molecule has 22 heavy (non-hydrogen) atoms. The number of methoxy groups -OCH3 is 1. The van der Waals surface area contributed by atoms with Gasteiger partial charge in [0.05, 0.1) is 18.2 Å². The molecule has 7 heteroatoms. The average Bonchev–Trinajstić information content (AvgIpc) is 3.22. The van der Waals surface area contributed by atoms with Gasteiger partial charge in [-0.15, -0.1) is 0 Å². The van der Waals surface area contributed by atoms with Crippen LogP contribution >= 0.6 is 0 Å². The van der Waals surface area contributed by atoms with Gasteiger partial charge in [-0.3, -0.25) is 0 Å². The molecule has 0 unspecified atom stereocenters. The fraction of sp³-hybridized carbons (Fsp3) is 0.333. The van der Waals surface area contributed by atoms with E-state index in [1.54, 1.807) is 0 Å². The van der Waals surface area contributed by atoms with Crippen LogP contribution in [-0.2, 0) is 6.18 Å². The predicted octanol–water partition coefficient (Wildman–Crippen LogP) is 4.25. The first-order valence-electron chi connectivity index (χ1n) is 6.74. The summed E-state index contributed by atoms with van der Waals surface area (Å²) in [5, 5.41) is 13.2. The first-order valence-corrected chi connectivity index (χ1v) is 6.74. The molecular formula is C15H14F3NO3. The molecule has 1 saturated carbocycles. The summed E-state index contributed by atoms with van der Waals surface area (Å²) >= 11 is 0. The van der Waals surface area contributed by atoms with Crippen molar-refractivity contribution in [3.8, 4) is 22.8 Å². The number of hydrogen-bond acceptors (Lipinski definition) is 4. The summed E-state index contributed by atoms with van der Waals surface area (Å²) in [4.78, 5) is 0. The Morgan fingerprint density at radius 2 is 2.05 bits per heavy atom. The molecule has 1 aliphatic carbocycles. The monoisotopic (exact) mass is 313 g/mol. The van der Waals surface area contributed by atoms with E-state index in [-0.39, 0.29) is 34.7 Å². The molecule has 4 nitrogen and oxygen atoms in total. The predicted molar refractivity (Wildman–Crippen MR) is 74.0 cm³/mol. The zero-order chi connectivity index (χ0) is 15.9. The van der Waals surface area contributed by atoms with Crippen molar-refractivity contribution in [3.05, 3.63) is 29.8 Å². The molecule has 2 N–H and O–H groups in total. The lowest BCUT2D eigenvalue weighted by Gasteiger charge is -2.09. The maximum Gasteiger partial charge on any atom is 0.416 e. The Labute approximate surface area is 124 Å². The van der Waals surface area contributed by atoms with Gasteiger partial charge in [-0.05, 0) is 30.5 Å². The van der Waals surface area contributed by atoms with E-state index in [0.29, 0.717) is 0 Å². The van der Waals surface area contributed by atoms with Crippen LogP contribution in [0.25, 0.3) is 11.1 Å². The number of nitrogens with one attached hydrogen (secondary N) is 1. The van der Waals surface area contributed by atoms with Crippen molar-refractivity contribution in [1.29, 1.82) is 0 Å². The largest absolute Gasteiger partial charge is 0.501 e. The van der Waals surface area contributed by atoms with E-state index in [0.717, 1.165) is 25.0 Å². The van der Waals surface area contributed by atoms with E-state index in [4.69, 9.17) is 9.15 Å². The Morgan fingerprint density at radius 1 is 1.32 bits per heavy atom. The number of hydrogen-bond donors (Lipinski definition) is 2. The molecule has 0 aliphatic heterocycles. The molecule has 1 aromatic heterocycles. The number of rotatable bonds is 4. The Balaban J connectivity index is 2.08. The molecule has 0 radical (unpaired) electrons. The van der Waals surface area contributed by atoms with Gasteiger partial charge in [0, 0.05) is 6.04 Å². The second kappa shape index (κ2) is 5.15. The van der Waals surface area contributed by atoms with Crippen molar-refractivity contribution >= 4 is 5.88 Å². The number of halogens is 3. The minimum absolute atomic E-state index is 0.129. The molecule has 0 bridgehead atoms. The second-order valence-electron chi connectivity index (χ2n) is 5.14. The van der Waals surface area contributed by atoms with E-state index in [1.165, 1.54) is 19.2 Å². The van der Waals surface area contributed by atoms with Crippen LogP contribution in [0.1, 0.15) is 18.4 Å². The third-order valence-electron chi connectivity index (χ3n) is 3.43. The van der Waals surface area contributed by atoms with Gasteiger partial charge in [-0.2, -0.15) is 13.2 Å². The molecule has 1 heterocycles. The maximum atomic E-state index is 12.8. The second-order valence-corrected chi connectivity index (χ2v) is 5.14. The SMILES string of the molecule is COc1oc(NC2CC2)c(-c2cccc(C(F)(F)F)c2)c1O. The van der Waals surface area contributed by atoms with Gasteiger partial charge in [0.15, 0.2) is 0 Å². The number of furan rings is 1. The summed E-state index contributed by atoms with van der Waals surface area (Å²) in [7, 11) is 1.31. The molecule has 1 fully saturated rings. The summed E-state index contributed by atoms with van der Waals surface area (Å²) in [5.41, 5.74) is -0.403. The number of anilines is 1. The van der Waals surface area contributed by atoms with Gasteiger partial charge in [-0.1, -0.05) is 12.1 Å². The molecule has 1 aromatic carbocycles. The fourth-order valence-electron chi connectivity index (χ4n) is 2.17. The first-order chi connectivity index (χ1) is 10.4. The van der Waals surface area contributed by atoms with Crippen LogP contribution in [0.4, 0.5) is 19.1 Å². The van der Waals surface area contributed by atoms with Gasteiger partial charge in [0.1, 0.15) is 0 Å². The molecule has 0 spiro atoms. The molecular weight excluding hydrogens is 299 g/mol. The Bertz CT molecular complexity index is 690. The summed E-state index contributed by atoms with van der Waals surface area (Å²) in [6, 6.07) is 4.93. The molecule has 1 aliphatic rings. The number of benzene rings is 1. The lowest BCUT2D eigenvalue weighted by atomic mass is 10.0. The minimum Gasteiger partial charge on any atom is -0.501 e. The van der Waals surface area contributed by atoms with Gasteiger partial charge in [-0.25, -0.2) is 0 Å². The minimum atomic E-state index is -4.45. The van der Waals surface area contributed by atoms with Gasteiger partial charge >= 0.3 is 12.1 Å². The van der Waals surface area contributed by atoms with E-state index >= 15 is 0 Å². The van der Waals surface area contributed by atoms with Crippen molar-refractivity contribution in [3.63, 3.8) is 0 Å². The van der Waals surface area contributed by atoms with E-state index in [2.05, 4.69) is 5.32 Å². The lowest BCUT2D eigenvalue weighted by molar-refractivity contribution is -0.137. The van der Waals surface area contributed by atoms with Crippen LogP contribution in [-0.4, -0.2) is 18.3 Å². The standard InChI is InChI=1S/C15H14F3NO3/c1-21-14-12(20)11(13(22-14)19-10-5-6-10)8-3-2-4-9(7-8)15(16,17)18/h2-4,7,10,19-20H,5-6H2,1H3. The van der Waals surface area contributed by atoms with Crippen LogP contribution < -0.4 is 10.1 Å². The van der Waals surface area contributed by atoms with Crippen molar-refractivity contribution in [2.75, 3.05) is 12.4 Å². The Kier molecular flexibility index (Phi) is 3.42. The van der Waals surface area contributed by atoms with Crippen LogP contribution in [0.15, 0.2) is 28.7 Å². The summed E-state index contributed by atoms with van der Waals surface area (Å²) in [6.45, 7) is 0. The summed E-state index contributed by atoms with van der Waals surface area (Å²) < 4.78 is 48.8. The lowest BCUT2D eigenvalue weighted by Crippen LogP contribution is -2.05. The highest BCUT2D eigenvalue weighted by atomic mass is 19.4. The average molecular weight is 313 g/mol. The highest BCUT2D eigenvalue weighted by Crippen LogP contribution is 2.47. The Hall–Kier alpha value is -2.31. The highest BCUT2D eigenvalue weighted by molar-refractivity contribution is 5.83. The molecule has 3 rings (SSSR count). The van der Waals surface area contributed by atoms with E-state index in [1.807, 2.05) is 0 Å². The van der Waals surface area contributed by atoms with Crippen LogP contribution in [0, 0.1) is 0 Å². The highest BCUT2D eigenvalue weighted by Gasteiger charge is 2.32. The molecule has 0 saturated heterocycles. The van der Waals surface area contributed by atoms with Crippen LogP contribution in [0.2, 0.25) is 0 Å². The smallest absolute Gasteiger partial charge is 0.416 e. The van der Waals surface area contributed by atoms with Crippen molar-refractivity contribution in [2.45, 2.75) is 25.1 Å². The van der Waals surface area contributed by atoms with Gasteiger partial charge in [0.2, 0.25) is 11.6 Å². The molecule has 2 aromatic rings. The maximum absolute atomic E-state index is 12.8. The van der Waals surface area contributed by atoms with Crippen molar-refractivity contribution in [2.24, 2.45) is 0 Å². The third-order valence-corrected chi connectivity index (χ3v) is 3.43. The van der Waals surface area contributed by atoms with Crippen molar-refractivity contribution < 1.29 is 27.4 Å². The summed E-state index contributed by atoms with van der Waals surface area (Å²) in [5.74, 6) is -0.225. The first kappa shape index (κ1) is 14.6. The number of alkyl halides is 3. The number of aromatic hydroxyl groups is 1. The zero-order valence-corrected chi connectivity index (χ0v) is 11.7. The summed E-state index contributed by atoms with van der Waals surface area (Å²) in [6.07, 6.45) is -2.55. The molecule has 0 atom stereocenters. The topological polar surface area (TPSA) is 54.6 Å². The molecule has 118 valence electrons. The fourth-order valence-corrected chi connectivity index (χ4v) is 2.17. The Morgan fingerprint density at radius 3 is 2.64 bits per heavy atom. The van der Waals surface area contributed by atoms with Gasteiger partial charge in [0.25, 0.3) is 0 Å². The third kappa shape index (κ3) is 2.70. The van der Waals surface area contributed by atoms with Crippen LogP contribution in [0.3, 0.4) is 0 Å². The quantitative estimate of drug-likeness (QED) is 0.886. The van der Waals surface area contributed by atoms with Gasteiger partial charge < -0.3 is 19.6 Å². The zero-order valence-electron chi connectivity index (χ0n) is 11.7. The number of ether oxygens (including phenoxy) is 1. The van der Waals surface area contributed by atoms with E-state index in [9.17, 15) is 18.3 Å². The molecule has 0 amide bonds. The van der Waals surface area contributed by atoms with Crippen molar-refractivity contribution in [1.82, 2.24) is 0 Å². The van der Waals surface area contributed by atoms with E-state index < -0.39 is 11.7 Å². The normalized spacial score (nSPS) is 14.9. The van der Waals surface area contributed by atoms with Crippen LogP contribution in [0.5, 0.6) is 11.7 Å².